The molecule has 6 heteroatoms. The molecule has 0 radical (unpaired) electrons. The lowest BCUT2D eigenvalue weighted by molar-refractivity contribution is -0.126. The monoisotopic (exact) mass is 284 g/mol. The van der Waals surface area contributed by atoms with Crippen LogP contribution in [0.1, 0.15) is 33.1 Å². The molecule has 1 heterocycles. The first-order valence-corrected chi connectivity index (χ1v) is 7.55. The predicted octanol–water partition coefficient (Wildman–Crippen LogP) is 0.529. The first-order chi connectivity index (χ1) is 9.54. The highest BCUT2D eigenvalue weighted by molar-refractivity contribution is 5.80. The molecule has 1 fully saturated rings. The lowest BCUT2D eigenvalue weighted by Crippen LogP contribution is -2.49. The van der Waals surface area contributed by atoms with Gasteiger partial charge in [-0.1, -0.05) is 13.8 Å². The van der Waals surface area contributed by atoms with Gasteiger partial charge in [-0.25, -0.2) is 4.79 Å². The molecule has 1 atom stereocenters. The number of rotatable bonds is 6. The molecular formula is C14H28N4O2. The van der Waals surface area contributed by atoms with Gasteiger partial charge in [-0.2, -0.15) is 0 Å². The Morgan fingerprint density at radius 1 is 1.35 bits per heavy atom. The molecule has 3 amide bonds. The fourth-order valence-electron chi connectivity index (χ4n) is 2.24. The van der Waals surface area contributed by atoms with Crippen molar-refractivity contribution in [3.8, 4) is 0 Å². The van der Waals surface area contributed by atoms with Crippen LogP contribution in [0.5, 0.6) is 0 Å². The number of nitrogens with two attached hydrogens (primary N) is 1. The summed E-state index contributed by atoms with van der Waals surface area (Å²) >= 11 is 0. The molecule has 0 saturated carbocycles. The number of carbonyl (C=O) groups is 2. The average molecular weight is 284 g/mol. The summed E-state index contributed by atoms with van der Waals surface area (Å²) in [6, 6.07) is -0.0573. The van der Waals surface area contributed by atoms with E-state index in [0.29, 0.717) is 32.1 Å². The third kappa shape index (κ3) is 5.77. The van der Waals surface area contributed by atoms with Crippen molar-refractivity contribution in [2.75, 3.05) is 32.7 Å². The van der Waals surface area contributed by atoms with E-state index >= 15 is 0 Å². The predicted molar refractivity (Wildman–Crippen MR) is 79.2 cm³/mol. The minimum atomic E-state index is -0.0914. The highest BCUT2D eigenvalue weighted by Gasteiger charge is 2.28. The van der Waals surface area contributed by atoms with Crippen molar-refractivity contribution in [3.05, 3.63) is 0 Å². The summed E-state index contributed by atoms with van der Waals surface area (Å²) in [5.41, 5.74) is 5.40. The molecule has 6 nitrogen and oxygen atoms in total. The zero-order chi connectivity index (χ0) is 15.0. The highest BCUT2D eigenvalue weighted by atomic mass is 16.2. The molecular weight excluding hydrogens is 256 g/mol. The summed E-state index contributed by atoms with van der Waals surface area (Å²) < 4.78 is 0. The number of likely N-dealkylation sites (tertiary alicyclic amines) is 1. The summed E-state index contributed by atoms with van der Waals surface area (Å²) in [5.74, 6) is 0.380. The molecule has 1 unspecified atom stereocenters. The molecule has 0 aromatic heterocycles. The first kappa shape index (κ1) is 16.8. The van der Waals surface area contributed by atoms with Crippen LogP contribution in [-0.4, -0.2) is 49.6 Å². The molecule has 0 bridgehead atoms. The zero-order valence-corrected chi connectivity index (χ0v) is 12.7. The van der Waals surface area contributed by atoms with Gasteiger partial charge in [-0.05, 0) is 31.7 Å². The Labute approximate surface area is 121 Å². The standard InChI is InChI=1S/C14H28N4O2/c1-11(2)9-17-14(20)18-8-3-5-12(10-18)13(19)16-7-4-6-15/h11-12H,3-10,15H2,1-2H3,(H,16,19)(H,17,20). The first-order valence-electron chi connectivity index (χ1n) is 7.55. The molecule has 116 valence electrons. The average Bonchev–Trinajstić information content (AvgIpc) is 2.45. The van der Waals surface area contributed by atoms with Gasteiger partial charge in [0.05, 0.1) is 5.92 Å². The van der Waals surface area contributed by atoms with Gasteiger partial charge < -0.3 is 21.3 Å². The summed E-state index contributed by atoms with van der Waals surface area (Å²) in [6.45, 7) is 7.23. The summed E-state index contributed by atoms with van der Waals surface area (Å²) in [7, 11) is 0. The quantitative estimate of drug-likeness (QED) is 0.622. The van der Waals surface area contributed by atoms with E-state index < -0.39 is 0 Å². The Balaban J connectivity index is 2.37. The lowest BCUT2D eigenvalue weighted by atomic mass is 9.97. The maximum atomic E-state index is 12.0. The van der Waals surface area contributed by atoms with Crippen molar-refractivity contribution >= 4 is 11.9 Å². The van der Waals surface area contributed by atoms with Gasteiger partial charge in [-0.15, -0.1) is 0 Å². The van der Waals surface area contributed by atoms with Crippen molar-refractivity contribution in [2.45, 2.75) is 33.1 Å². The Kier molecular flexibility index (Phi) is 7.36. The van der Waals surface area contributed by atoms with Crippen LogP contribution in [0.15, 0.2) is 0 Å². The van der Waals surface area contributed by atoms with Gasteiger partial charge in [0, 0.05) is 26.2 Å². The van der Waals surface area contributed by atoms with Crippen LogP contribution in [0.3, 0.4) is 0 Å². The van der Waals surface area contributed by atoms with Crippen LogP contribution >= 0.6 is 0 Å². The highest BCUT2D eigenvalue weighted by Crippen LogP contribution is 2.16. The number of nitrogens with one attached hydrogen (secondary N) is 2. The second kappa shape index (κ2) is 8.79. The van der Waals surface area contributed by atoms with E-state index in [2.05, 4.69) is 24.5 Å². The fourth-order valence-corrected chi connectivity index (χ4v) is 2.24. The SMILES string of the molecule is CC(C)CNC(=O)N1CCCC(C(=O)NCCCN)C1. The second-order valence-electron chi connectivity index (χ2n) is 5.80. The maximum absolute atomic E-state index is 12.0. The molecule has 20 heavy (non-hydrogen) atoms. The maximum Gasteiger partial charge on any atom is 0.317 e. The van der Waals surface area contributed by atoms with Gasteiger partial charge in [0.25, 0.3) is 0 Å². The number of piperidine rings is 1. The van der Waals surface area contributed by atoms with Gasteiger partial charge >= 0.3 is 6.03 Å². The molecule has 0 aliphatic carbocycles. The Bertz CT molecular complexity index is 320. The van der Waals surface area contributed by atoms with Crippen LogP contribution in [0.25, 0.3) is 0 Å². The molecule has 0 aromatic rings. The van der Waals surface area contributed by atoms with Crippen LogP contribution < -0.4 is 16.4 Å². The van der Waals surface area contributed by atoms with Crippen molar-refractivity contribution in [2.24, 2.45) is 17.6 Å². The molecule has 1 aliphatic heterocycles. The smallest absolute Gasteiger partial charge is 0.317 e. The Hall–Kier alpha value is -1.30. The largest absolute Gasteiger partial charge is 0.356 e. The normalized spacial score (nSPS) is 19.0. The van der Waals surface area contributed by atoms with Crippen LogP contribution in [-0.2, 0) is 4.79 Å². The summed E-state index contributed by atoms with van der Waals surface area (Å²) in [6.07, 6.45) is 2.52. The molecule has 0 spiro atoms. The van der Waals surface area contributed by atoms with E-state index in [9.17, 15) is 9.59 Å². The number of carbonyl (C=O) groups excluding carboxylic acids is 2. The topological polar surface area (TPSA) is 87.5 Å². The molecule has 4 N–H and O–H groups in total. The van der Waals surface area contributed by atoms with Crippen molar-refractivity contribution in [1.82, 2.24) is 15.5 Å². The third-order valence-electron chi connectivity index (χ3n) is 3.42. The van der Waals surface area contributed by atoms with E-state index in [1.165, 1.54) is 0 Å². The number of amides is 3. The molecule has 1 aliphatic rings. The Morgan fingerprint density at radius 3 is 2.75 bits per heavy atom. The molecule has 1 rings (SSSR count). The number of hydrogen-bond donors (Lipinski definition) is 3. The summed E-state index contributed by atoms with van der Waals surface area (Å²) in [4.78, 5) is 25.7. The number of nitrogens with zero attached hydrogens (tertiary/aromatic N) is 1. The van der Waals surface area contributed by atoms with E-state index in [0.717, 1.165) is 25.8 Å². The third-order valence-corrected chi connectivity index (χ3v) is 3.42. The van der Waals surface area contributed by atoms with Gasteiger partial charge in [0.1, 0.15) is 0 Å². The van der Waals surface area contributed by atoms with Crippen molar-refractivity contribution in [1.29, 1.82) is 0 Å². The van der Waals surface area contributed by atoms with Crippen LogP contribution in [0, 0.1) is 11.8 Å². The lowest BCUT2D eigenvalue weighted by Gasteiger charge is -2.32. The zero-order valence-electron chi connectivity index (χ0n) is 12.7. The minimum Gasteiger partial charge on any atom is -0.356 e. The van der Waals surface area contributed by atoms with Crippen molar-refractivity contribution < 1.29 is 9.59 Å². The van der Waals surface area contributed by atoms with Gasteiger partial charge in [0.15, 0.2) is 0 Å². The van der Waals surface area contributed by atoms with E-state index in [4.69, 9.17) is 5.73 Å². The van der Waals surface area contributed by atoms with E-state index in [-0.39, 0.29) is 17.9 Å². The van der Waals surface area contributed by atoms with Gasteiger partial charge in [0.2, 0.25) is 5.91 Å². The van der Waals surface area contributed by atoms with Crippen molar-refractivity contribution in [3.63, 3.8) is 0 Å². The van der Waals surface area contributed by atoms with Gasteiger partial charge in [-0.3, -0.25) is 4.79 Å². The van der Waals surface area contributed by atoms with Crippen LogP contribution in [0.2, 0.25) is 0 Å². The van der Waals surface area contributed by atoms with Crippen LogP contribution in [0.4, 0.5) is 4.79 Å². The van der Waals surface area contributed by atoms with E-state index in [1.807, 2.05) is 0 Å². The fraction of sp³-hybridized carbons (Fsp3) is 0.857. The molecule has 1 saturated heterocycles. The number of hydrogen-bond acceptors (Lipinski definition) is 3. The molecule has 0 aromatic carbocycles. The Morgan fingerprint density at radius 2 is 2.10 bits per heavy atom. The second-order valence-corrected chi connectivity index (χ2v) is 5.80. The van der Waals surface area contributed by atoms with E-state index in [1.54, 1.807) is 4.90 Å². The summed E-state index contributed by atoms with van der Waals surface area (Å²) in [5, 5.41) is 5.79. The minimum absolute atomic E-state index is 0.0415. The number of urea groups is 1.